The molecule has 8 nitrogen and oxygen atoms in total. The summed E-state index contributed by atoms with van der Waals surface area (Å²) in [6.45, 7) is 7.17. The van der Waals surface area contributed by atoms with Gasteiger partial charge in [0.2, 0.25) is 5.91 Å². The number of piperazine rings is 1. The smallest absolute Gasteiger partial charge is 0.246 e. The fraction of sp³-hybridized carbons (Fsp3) is 0.500. The van der Waals surface area contributed by atoms with Crippen molar-refractivity contribution < 1.29 is 4.79 Å². The zero-order valence-electron chi connectivity index (χ0n) is 18.7. The van der Waals surface area contributed by atoms with Gasteiger partial charge in [0.15, 0.2) is 5.96 Å². The quantitative estimate of drug-likeness (QED) is 0.578. The number of nitrogens with zero attached hydrogens (tertiary/aromatic N) is 6. The third-order valence-electron chi connectivity index (χ3n) is 5.36. The Labute approximate surface area is 179 Å². The summed E-state index contributed by atoms with van der Waals surface area (Å²) < 4.78 is 1.72. The van der Waals surface area contributed by atoms with Crippen molar-refractivity contribution in [2.75, 3.05) is 51.7 Å². The first kappa shape index (κ1) is 21.8. The van der Waals surface area contributed by atoms with Crippen LogP contribution in [-0.2, 0) is 11.8 Å². The number of aliphatic imine (C=N–C) groups is 1. The Balaban J connectivity index is 1.72. The molecular weight excluding hydrogens is 378 g/mol. The summed E-state index contributed by atoms with van der Waals surface area (Å²) in [6, 6.07) is 8.78. The third kappa shape index (κ3) is 5.18. The highest BCUT2D eigenvalue weighted by molar-refractivity contribution is 5.98. The van der Waals surface area contributed by atoms with Gasteiger partial charge in [-0.2, -0.15) is 5.10 Å². The molecule has 0 bridgehead atoms. The summed E-state index contributed by atoms with van der Waals surface area (Å²) in [5.41, 5.74) is 3.33. The summed E-state index contributed by atoms with van der Waals surface area (Å²) in [5.74, 6) is 0.846. The van der Waals surface area contributed by atoms with Gasteiger partial charge in [-0.1, -0.05) is 29.8 Å². The number of aromatic nitrogens is 2. The Kier molecular flexibility index (Phi) is 7.10. The molecule has 2 aromatic rings. The van der Waals surface area contributed by atoms with Crippen LogP contribution in [0.25, 0.3) is 0 Å². The molecule has 0 saturated carbocycles. The maximum absolute atomic E-state index is 12.8. The zero-order chi connectivity index (χ0) is 21.7. The minimum absolute atomic E-state index is 0.0579. The van der Waals surface area contributed by atoms with Gasteiger partial charge in [0.05, 0.1) is 24.5 Å². The van der Waals surface area contributed by atoms with E-state index in [9.17, 15) is 4.79 Å². The van der Waals surface area contributed by atoms with E-state index in [2.05, 4.69) is 60.6 Å². The van der Waals surface area contributed by atoms with Crippen LogP contribution in [0, 0.1) is 6.92 Å². The number of hydrogen-bond donors (Lipinski definition) is 1. The van der Waals surface area contributed by atoms with Gasteiger partial charge in [-0.15, -0.1) is 0 Å². The number of guanidine groups is 1. The second-order valence-electron chi connectivity index (χ2n) is 7.92. The number of benzene rings is 1. The van der Waals surface area contributed by atoms with E-state index in [1.54, 1.807) is 15.8 Å². The molecule has 1 unspecified atom stereocenters. The zero-order valence-corrected chi connectivity index (χ0v) is 18.7. The standard InChI is InChI=1S/C22H33N7O/c1-6-23-22(24-14-20(26(3)4)18-9-7-17(2)8-10-18)28-11-12-29(21(30)16-28)19-13-25-27(5)15-19/h7-10,13,15,20H,6,11-12,14,16H2,1-5H3,(H,23,24). The van der Waals surface area contributed by atoms with Crippen molar-refractivity contribution in [1.29, 1.82) is 0 Å². The van der Waals surface area contributed by atoms with E-state index in [1.807, 2.05) is 25.1 Å². The van der Waals surface area contributed by atoms with Crippen LogP contribution in [0.2, 0.25) is 0 Å². The van der Waals surface area contributed by atoms with Crippen LogP contribution >= 0.6 is 0 Å². The monoisotopic (exact) mass is 411 g/mol. The molecule has 1 aromatic heterocycles. The van der Waals surface area contributed by atoms with Crippen molar-refractivity contribution >= 4 is 17.6 Å². The Bertz CT molecular complexity index is 872. The van der Waals surface area contributed by atoms with Crippen molar-refractivity contribution in [3.63, 3.8) is 0 Å². The molecule has 8 heteroatoms. The fourth-order valence-electron chi connectivity index (χ4n) is 3.63. The maximum atomic E-state index is 12.8. The Morgan fingerprint density at radius 1 is 1.27 bits per heavy atom. The summed E-state index contributed by atoms with van der Waals surface area (Å²) >= 11 is 0. The van der Waals surface area contributed by atoms with E-state index in [1.165, 1.54) is 11.1 Å². The Hall–Kier alpha value is -2.87. The van der Waals surface area contributed by atoms with Crippen LogP contribution in [0.1, 0.15) is 24.1 Å². The Morgan fingerprint density at radius 2 is 2.00 bits per heavy atom. The molecule has 2 heterocycles. The van der Waals surface area contributed by atoms with Crippen molar-refractivity contribution in [2.45, 2.75) is 19.9 Å². The molecule has 1 fully saturated rings. The average Bonchev–Trinajstić information content (AvgIpc) is 3.14. The summed E-state index contributed by atoms with van der Waals surface area (Å²) in [4.78, 5) is 23.7. The molecule has 1 saturated heterocycles. The molecule has 1 atom stereocenters. The number of anilines is 1. The van der Waals surface area contributed by atoms with Gasteiger partial charge in [0.25, 0.3) is 0 Å². The van der Waals surface area contributed by atoms with Crippen LogP contribution < -0.4 is 10.2 Å². The van der Waals surface area contributed by atoms with Crippen LogP contribution in [0.5, 0.6) is 0 Å². The molecule has 1 amide bonds. The lowest BCUT2D eigenvalue weighted by atomic mass is 10.0. The third-order valence-corrected chi connectivity index (χ3v) is 5.36. The van der Waals surface area contributed by atoms with E-state index in [0.29, 0.717) is 19.6 Å². The Morgan fingerprint density at radius 3 is 2.57 bits per heavy atom. The second-order valence-corrected chi connectivity index (χ2v) is 7.92. The van der Waals surface area contributed by atoms with Gasteiger partial charge in [-0.3, -0.25) is 14.5 Å². The van der Waals surface area contributed by atoms with Gasteiger partial charge < -0.3 is 20.0 Å². The number of hydrogen-bond acceptors (Lipinski definition) is 4. The van der Waals surface area contributed by atoms with Gasteiger partial charge in [-0.25, -0.2) is 0 Å². The average molecular weight is 412 g/mol. The molecule has 1 aliphatic heterocycles. The molecule has 0 spiro atoms. The summed E-state index contributed by atoms with van der Waals surface area (Å²) in [7, 11) is 6.00. The lowest BCUT2D eigenvalue weighted by molar-refractivity contribution is -0.120. The van der Waals surface area contributed by atoms with Gasteiger partial charge in [0.1, 0.15) is 6.54 Å². The topological polar surface area (TPSA) is 69.0 Å². The number of likely N-dealkylation sites (N-methyl/N-ethyl adjacent to an activating group) is 1. The van der Waals surface area contributed by atoms with Crippen molar-refractivity contribution in [2.24, 2.45) is 12.0 Å². The number of amides is 1. The number of carbonyl (C=O) groups is 1. The fourth-order valence-corrected chi connectivity index (χ4v) is 3.63. The van der Waals surface area contributed by atoms with E-state index in [4.69, 9.17) is 4.99 Å². The second kappa shape index (κ2) is 9.75. The van der Waals surface area contributed by atoms with Crippen molar-refractivity contribution in [1.82, 2.24) is 24.9 Å². The first-order valence-electron chi connectivity index (χ1n) is 10.4. The first-order valence-corrected chi connectivity index (χ1v) is 10.4. The van der Waals surface area contributed by atoms with Crippen molar-refractivity contribution in [3.05, 3.63) is 47.8 Å². The predicted molar refractivity (Wildman–Crippen MR) is 121 cm³/mol. The van der Waals surface area contributed by atoms with Crippen molar-refractivity contribution in [3.8, 4) is 0 Å². The molecule has 1 aliphatic rings. The lowest BCUT2D eigenvalue weighted by Crippen LogP contribution is -2.55. The van der Waals surface area contributed by atoms with Crippen LogP contribution in [0.4, 0.5) is 5.69 Å². The highest BCUT2D eigenvalue weighted by Crippen LogP contribution is 2.20. The molecule has 0 radical (unpaired) electrons. The molecule has 1 aromatic carbocycles. The van der Waals surface area contributed by atoms with Crippen LogP contribution in [-0.4, -0.2) is 78.3 Å². The number of nitrogens with one attached hydrogen (secondary N) is 1. The van der Waals surface area contributed by atoms with E-state index in [0.717, 1.165) is 24.7 Å². The molecule has 1 N–H and O–H groups in total. The van der Waals surface area contributed by atoms with E-state index in [-0.39, 0.29) is 11.9 Å². The number of carbonyl (C=O) groups excluding carboxylic acids is 1. The highest BCUT2D eigenvalue weighted by Gasteiger charge is 2.28. The molecule has 162 valence electrons. The predicted octanol–water partition coefficient (Wildman–Crippen LogP) is 1.65. The molecular formula is C22H33N7O. The van der Waals surface area contributed by atoms with E-state index < -0.39 is 0 Å². The van der Waals surface area contributed by atoms with E-state index >= 15 is 0 Å². The normalized spacial score (nSPS) is 16.3. The molecule has 30 heavy (non-hydrogen) atoms. The largest absolute Gasteiger partial charge is 0.357 e. The highest BCUT2D eigenvalue weighted by atomic mass is 16.2. The minimum atomic E-state index is 0.0579. The maximum Gasteiger partial charge on any atom is 0.246 e. The molecule has 3 rings (SSSR count). The minimum Gasteiger partial charge on any atom is -0.357 e. The first-order chi connectivity index (χ1) is 14.4. The summed E-state index contributed by atoms with van der Waals surface area (Å²) in [5, 5.41) is 7.53. The number of rotatable bonds is 6. The van der Waals surface area contributed by atoms with Crippen LogP contribution in [0.15, 0.2) is 41.7 Å². The lowest BCUT2D eigenvalue weighted by Gasteiger charge is -2.35. The van der Waals surface area contributed by atoms with Gasteiger partial charge in [0, 0.05) is 32.9 Å². The summed E-state index contributed by atoms with van der Waals surface area (Å²) in [6.07, 6.45) is 3.60. The van der Waals surface area contributed by atoms with Crippen LogP contribution in [0.3, 0.4) is 0 Å². The van der Waals surface area contributed by atoms with Gasteiger partial charge >= 0.3 is 0 Å². The number of aryl methyl sites for hydroxylation is 2. The van der Waals surface area contributed by atoms with Gasteiger partial charge in [-0.05, 0) is 33.5 Å². The molecule has 0 aliphatic carbocycles. The SMILES string of the molecule is CCNC(=NCC(c1ccc(C)cc1)N(C)C)N1CCN(c2cnn(C)c2)C(=O)C1.